The summed E-state index contributed by atoms with van der Waals surface area (Å²) in [5, 5.41) is 9.02. The van der Waals surface area contributed by atoms with E-state index in [1.54, 1.807) is 0 Å². The zero-order chi connectivity index (χ0) is 15.2. The van der Waals surface area contributed by atoms with E-state index in [-0.39, 0.29) is 16.5 Å². The number of aromatic carboxylic acids is 1. The summed E-state index contributed by atoms with van der Waals surface area (Å²) >= 11 is 5.97. The molecular weight excluding hydrogens is 290 g/mol. The highest BCUT2D eigenvalue weighted by atomic mass is 35.5. The molecule has 0 bridgehead atoms. The molecule has 1 aromatic carbocycles. The monoisotopic (exact) mass is 305 g/mol. The number of hydrogen-bond donors (Lipinski definition) is 1. The van der Waals surface area contributed by atoms with Crippen LogP contribution in [0.4, 0.5) is 0 Å². The Hall–Kier alpha value is -2.07. The van der Waals surface area contributed by atoms with Gasteiger partial charge in [-0.2, -0.15) is 0 Å². The summed E-state index contributed by atoms with van der Waals surface area (Å²) in [6.45, 7) is 2.16. The number of carboxylic acid groups (broad SMARTS) is 1. The van der Waals surface area contributed by atoms with Crippen molar-refractivity contribution >= 4 is 17.6 Å². The SMILES string of the molecule is CCCCc1ccc(Oc2ncc(C(=O)O)cc2Cl)cc1. The first-order chi connectivity index (χ1) is 10.1. The number of hydrogen-bond acceptors (Lipinski definition) is 3. The van der Waals surface area contributed by atoms with E-state index in [0.29, 0.717) is 5.75 Å². The molecule has 0 unspecified atom stereocenters. The van der Waals surface area contributed by atoms with E-state index in [1.165, 1.54) is 17.8 Å². The van der Waals surface area contributed by atoms with Crippen molar-refractivity contribution < 1.29 is 14.6 Å². The van der Waals surface area contributed by atoms with Crippen molar-refractivity contribution in [2.24, 2.45) is 0 Å². The predicted molar refractivity (Wildman–Crippen MR) is 81.3 cm³/mol. The Labute approximate surface area is 128 Å². The molecule has 110 valence electrons. The maximum absolute atomic E-state index is 10.8. The molecule has 21 heavy (non-hydrogen) atoms. The Morgan fingerprint density at radius 2 is 2.05 bits per heavy atom. The summed E-state index contributed by atoms with van der Waals surface area (Å²) in [7, 11) is 0. The molecule has 0 amide bonds. The quantitative estimate of drug-likeness (QED) is 0.849. The van der Waals surface area contributed by atoms with Crippen LogP contribution < -0.4 is 4.74 Å². The van der Waals surface area contributed by atoms with E-state index in [4.69, 9.17) is 21.4 Å². The van der Waals surface area contributed by atoms with Crippen LogP contribution in [0.1, 0.15) is 35.7 Å². The number of rotatable bonds is 6. The van der Waals surface area contributed by atoms with Gasteiger partial charge >= 0.3 is 5.97 Å². The number of unbranched alkanes of at least 4 members (excludes halogenated alkanes) is 1. The molecule has 0 aliphatic heterocycles. The second-order valence-corrected chi connectivity index (χ2v) is 5.07. The van der Waals surface area contributed by atoms with E-state index >= 15 is 0 Å². The van der Waals surface area contributed by atoms with Gasteiger partial charge in [0.25, 0.3) is 0 Å². The molecule has 4 nitrogen and oxygen atoms in total. The largest absolute Gasteiger partial charge is 0.478 e. The van der Waals surface area contributed by atoms with E-state index in [1.807, 2.05) is 24.3 Å². The van der Waals surface area contributed by atoms with Gasteiger partial charge in [0, 0.05) is 6.20 Å². The van der Waals surface area contributed by atoms with Gasteiger partial charge in [0.1, 0.15) is 10.8 Å². The molecular formula is C16H16ClNO3. The third kappa shape index (κ3) is 4.20. The first-order valence-electron chi connectivity index (χ1n) is 6.75. The highest BCUT2D eigenvalue weighted by Crippen LogP contribution is 2.28. The summed E-state index contributed by atoms with van der Waals surface area (Å²) in [4.78, 5) is 14.7. The Kier molecular flexibility index (Phi) is 5.17. The van der Waals surface area contributed by atoms with Crippen molar-refractivity contribution in [1.82, 2.24) is 4.98 Å². The number of benzene rings is 1. The van der Waals surface area contributed by atoms with Gasteiger partial charge in [-0.15, -0.1) is 0 Å². The number of ether oxygens (including phenoxy) is 1. The Morgan fingerprint density at radius 1 is 1.33 bits per heavy atom. The minimum Gasteiger partial charge on any atom is -0.478 e. The minimum atomic E-state index is -1.07. The first kappa shape index (κ1) is 15.3. The van der Waals surface area contributed by atoms with Gasteiger partial charge < -0.3 is 9.84 Å². The van der Waals surface area contributed by atoms with Crippen molar-refractivity contribution in [3.05, 3.63) is 52.7 Å². The van der Waals surface area contributed by atoms with Gasteiger partial charge in [-0.25, -0.2) is 9.78 Å². The molecule has 1 aromatic heterocycles. The van der Waals surface area contributed by atoms with Crippen LogP contribution in [0.2, 0.25) is 5.02 Å². The zero-order valence-corrected chi connectivity index (χ0v) is 12.4. The number of carbonyl (C=O) groups is 1. The van der Waals surface area contributed by atoms with E-state index in [9.17, 15) is 4.79 Å². The predicted octanol–water partition coefficient (Wildman–Crippen LogP) is 4.57. The van der Waals surface area contributed by atoms with Gasteiger partial charge in [0.2, 0.25) is 5.88 Å². The van der Waals surface area contributed by atoms with Crippen LogP contribution >= 0.6 is 11.6 Å². The number of aromatic nitrogens is 1. The van der Waals surface area contributed by atoms with Crippen LogP contribution in [0, 0.1) is 0 Å². The summed E-state index contributed by atoms with van der Waals surface area (Å²) in [6.07, 6.45) is 4.58. The number of pyridine rings is 1. The number of halogens is 1. The molecule has 5 heteroatoms. The van der Waals surface area contributed by atoms with Crippen LogP contribution in [-0.2, 0) is 6.42 Å². The molecule has 0 radical (unpaired) electrons. The average Bonchev–Trinajstić information content (AvgIpc) is 2.48. The lowest BCUT2D eigenvalue weighted by molar-refractivity contribution is 0.0696. The molecule has 2 aromatic rings. The molecule has 1 heterocycles. The standard InChI is InChI=1S/C16H16ClNO3/c1-2-3-4-11-5-7-13(8-6-11)21-15-14(17)9-12(10-18-15)16(19)20/h5-10H,2-4H2,1H3,(H,19,20). The van der Waals surface area contributed by atoms with Crippen LogP contribution in [0.5, 0.6) is 11.6 Å². The average molecular weight is 306 g/mol. The smallest absolute Gasteiger partial charge is 0.337 e. The van der Waals surface area contributed by atoms with Crippen LogP contribution in [0.25, 0.3) is 0 Å². The van der Waals surface area contributed by atoms with Crippen molar-refractivity contribution in [2.75, 3.05) is 0 Å². The Bertz CT molecular complexity index is 626. The fourth-order valence-electron chi connectivity index (χ4n) is 1.83. The van der Waals surface area contributed by atoms with Crippen molar-refractivity contribution in [1.29, 1.82) is 0 Å². The van der Waals surface area contributed by atoms with Crippen LogP contribution in [0.3, 0.4) is 0 Å². The summed E-state index contributed by atoms with van der Waals surface area (Å²) in [6, 6.07) is 9.04. The molecule has 0 saturated heterocycles. The van der Waals surface area contributed by atoms with Gasteiger partial charge in [0.05, 0.1) is 5.56 Å². The highest BCUT2D eigenvalue weighted by molar-refractivity contribution is 6.32. The summed E-state index contributed by atoms with van der Waals surface area (Å²) in [5.41, 5.74) is 1.28. The lowest BCUT2D eigenvalue weighted by Gasteiger charge is -2.08. The fourth-order valence-corrected chi connectivity index (χ4v) is 2.04. The number of carboxylic acids is 1. The summed E-state index contributed by atoms with van der Waals surface area (Å²) in [5.74, 6) is -0.257. The number of nitrogens with zero attached hydrogens (tertiary/aromatic N) is 1. The topological polar surface area (TPSA) is 59.4 Å². The lowest BCUT2D eigenvalue weighted by Crippen LogP contribution is -1.98. The lowest BCUT2D eigenvalue weighted by atomic mass is 10.1. The van der Waals surface area contributed by atoms with Crippen molar-refractivity contribution in [3.8, 4) is 11.6 Å². The first-order valence-corrected chi connectivity index (χ1v) is 7.13. The highest BCUT2D eigenvalue weighted by Gasteiger charge is 2.10. The maximum Gasteiger partial charge on any atom is 0.337 e. The second-order valence-electron chi connectivity index (χ2n) is 4.67. The van der Waals surface area contributed by atoms with Gasteiger partial charge in [0.15, 0.2) is 0 Å². The molecule has 2 rings (SSSR count). The molecule has 0 spiro atoms. The molecule has 0 atom stereocenters. The molecule has 0 aliphatic rings. The van der Waals surface area contributed by atoms with E-state index in [0.717, 1.165) is 19.3 Å². The molecule has 0 aliphatic carbocycles. The zero-order valence-electron chi connectivity index (χ0n) is 11.7. The summed E-state index contributed by atoms with van der Waals surface area (Å²) < 4.78 is 5.57. The van der Waals surface area contributed by atoms with Crippen molar-refractivity contribution in [2.45, 2.75) is 26.2 Å². The van der Waals surface area contributed by atoms with E-state index < -0.39 is 5.97 Å². The Balaban J connectivity index is 2.09. The van der Waals surface area contributed by atoms with Crippen LogP contribution in [0.15, 0.2) is 36.5 Å². The fraction of sp³-hybridized carbons (Fsp3) is 0.250. The second kappa shape index (κ2) is 7.09. The maximum atomic E-state index is 10.8. The van der Waals surface area contributed by atoms with Gasteiger partial charge in [-0.05, 0) is 36.6 Å². The minimum absolute atomic E-state index is 0.0299. The van der Waals surface area contributed by atoms with Crippen molar-refractivity contribution in [3.63, 3.8) is 0 Å². The molecule has 0 fully saturated rings. The van der Waals surface area contributed by atoms with E-state index in [2.05, 4.69) is 11.9 Å². The van der Waals surface area contributed by atoms with Gasteiger partial charge in [-0.1, -0.05) is 37.1 Å². The number of aryl methyl sites for hydroxylation is 1. The van der Waals surface area contributed by atoms with Crippen LogP contribution in [-0.4, -0.2) is 16.1 Å². The third-order valence-electron chi connectivity index (χ3n) is 3.01. The Morgan fingerprint density at radius 3 is 2.62 bits per heavy atom. The van der Waals surface area contributed by atoms with Gasteiger partial charge in [-0.3, -0.25) is 0 Å². The molecule has 1 N–H and O–H groups in total. The third-order valence-corrected chi connectivity index (χ3v) is 3.28. The molecule has 0 saturated carbocycles. The normalized spacial score (nSPS) is 10.4.